The van der Waals surface area contributed by atoms with Crippen LogP contribution in [-0.2, 0) is 11.3 Å². The van der Waals surface area contributed by atoms with E-state index in [-0.39, 0.29) is 6.61 Å². The van der Waals surface area contributed by atoms with Crippen LogP contribution in [0.15, 0.2) is 5.38 Å². The van der Waals surface area contributed by atoms with Crippen molar-refractivity contribution >= 4 is 22.4 Å². The number of nitrogens with one attached hydrogen (secondary N) is 1. The normalized spacial score (nSPS) is 9.77. The van der Waals surface area contributed by atoms with Crippen molar-refractivity contribution in [3.05, 3.63) is 16.5 Å². The van der Waals surface area contributed by atoms with Gasteiger partial charge in [-0.2, -0.15) is 0 Å². The summed E-state index contributed by atoms with van der Waals surface area (Å²) in [7, 11) is 1.30. The second kappa shape index (κ2) is 4.25. The lowest BCUT2D eigenvalue weighted by Gasteiger charge is -2.03. The maximum Gasteiger partial charge on any atom is 0.411 e. The van der Waals surface area contributed by atoms with Crippen molar-refractivity contribution < 1.29 is 14.6 Å². The standard InChI is InChI=1S/C8H11NO3S/c1-5-4-13-7(6(5)3-10)9-8(11)12-2/h4,10H,3H2,1-2H3,(H,9,11). The molecule has 0 aliphatic heterocycles. The second-order valence-corrected chi connectivity index (χ2v) is 3.38. The van der Waals surface area contributed by atoms with E-state index in [1.807, 2.05) is 12.3 Å². The predicted molar refractivity (Wildman–Crippen MR) is 51.0 cm³/mol. The minimum atomic E-state index is -0.517. The summed E-state index contributed by atoms with van der Waals surface area (Å²) >= 11 is 1.37. The molecule has 0 aliphatic carbocycles. The lowest BCUT2D eigenvalue weighted by Crippen LogP contribution is -2.11. The molecule has 13 heavy (non-hydrogen) atoms. The van der Waals surface area contributed by atoms with Crippen LogP contribution in [0.25, 0.3) is 0 Å². The number of amides is 1. The molecule has 0 atom stereocenters. The van der Waals surface area contributed by atoms with Gasteiger partial charge in [0.1, 0.15) is 5.00 Å². The van der Waals surface area contributed by atoms with Crippen LogP contribution in [0.1, 0.15) is 11.1 Å². The SMILES string of the molecule is COC(=O)Nc1scc(C)c1CO. The van der Waals surface area contributed by atoms with Crippen molar-refractivity contribution in [2.75, 3.05) is 12.4 Å². The van der Waals surface area contributed by atoms with Gasteiger partial charge < -0.3 is 9.84 Å². The van der Waals surface area contributed by atoms with Crippen molar-refractivity contribution in [3.8, 4) is 0 Å². The molecular weight excluding hydrogens is 190 g/mol. The van der Waals surface area contributed by atoms with Gasteiger partial charge in [0.05, 0.1) is 13.7 Å². The average molecular weight is 201 g/mol. The number of hydrogen-bond donors (Lipinski definition) is 2. The summed E-state index contributed by atoms with van der Waals surface area (Å²) in [6, 6.07) is 0. The molecule has 0 fully saturated rings. The Morgan fingerprint density at radius 3 is 3.00 bits per heavy atom. The molecule has 0 spiro atoms. The Labute approximate surface area is 80.2 Å². The molecule has 0 unspecified atom stereocenters. The molecule has 0 aliphatic rings. The zero-order valence-corrected chi connectivity index (χ0v) is 8.27. The summed E-state index contributed by atoms with van der Waals surface area (Å²) < 4.78 is 4.44. The smallest absolute Gasteiger partial charge is 0.411 e. The van der Waals surface area contributed by atoms with Crippen LogP contribution < -0.4 is 5.32 Å². The van der Waals surface area contributed by atoms with Gasteiger partial charge in [0.25, 0.3) is 0 Å². The highest BCUT2D eigenvalue weighted by Gasteiger charge is 2.10. The first-order valence-corrected chi connectivity index (χ1v) is 4.59. The van der Waals surface area contributed by atoms with Crippen molar-refractivity contribution in [2.45, 2.75) is 13.5 Å². The number of rotatable bonds is 2. The number of anilines is 1. The summed E-state index contributed by atoms with van der Waals surface area (Å²) in [6.07, 6.45) is -0.517. The summed E-state index contributed by atoms with van der Waals surface area (Å²) in [5.41, 5.74) is 1.72. The Kier molecular flexibility index (Phi) is 3.27. The van der Waals surface area contributed by atoms with Gasteiger partial charge in [0, 0.05) is 5.56 Å². The van der Waals surface area contributed by atoms with Gasteiger partial charge in [-0.1, -0.05) is 0 Å². The second-order valence-electron chi connectivity index (χ2n) is 2.50. The third-order valence-electron chi connectivity index (χ3n) is 1.66. The maximum absolute atomic E-state index is 10.9. The lowest BCUT2D eigenvalue weighted by atomic mass is 10.2. The Morgan fingerprint density at radius 1 is 1.77 bits per heavy atom. The first-order valence-electron chi connectivity index (χ1n) is 3.71. The number of aliphatic hydroxyl groups is 1. The minimum absolute atomic E-state index is 0.0747. The highest BCUT2D eigenvalue weighted by Crippen LogP contribution is 2.27. The Morgan fingerprint density at radius 2 is 2.46 bits per heavy atom. The average Bonchev–Trinajstić information content (AvgIpc) is 2.46. The molecule has 1 aromatic heterocycles. The fraction of sp³-hybridized carbons (Fsp3) is 0.375. The van der Waals surface area contributed by atoms with Crippen LogP contribution in [0.3, 0.4) is 0 Å². The third-order valence-corrected chi connectivity index (χ3v) is 2.72. The van der Waals surface area contributed by atoms with Gasteiger partial charge in [-0.15, -0.1) is 11.3 Å². The van der Waals surface area contributed by atoms with Gasteiger partial charge >= 0.3 is 6.09 Å². The Bertz CT molecular complexity index is 308. The molecule has 0 saturated carbocycles. The quantitative estimate of drug-likeness (QED) is 0.766. The summed E-state index contributed by atoms with van der Waals surface area (Å²) in [4.78, 5) is 10.9. The topological polar surface area (TPSA) is 58.6 Å². The van der Waals surface area contributed by atoms with Crippen molar-refractivity contribution in [2.24, 2.45) is 0 Å². The molecule has 72 valence electrons. The zero-order chi connectivity index (χ0) is 9.84. The fourth-order valence-corrected chi connectivity index (χ4v) is 1.86. The van der Waals surface area contributed by atoms with E-state index in [1.165, 1.54) is 18.4 Å². The third kappa shape index (κ3) is 2.19. The number of thiophene rings is 1. The molecule has 2 N–H and O–H groups in total. The predicted octanol–water partition coefficient (Wildman–Crippen LogP) is 1.73. The van der Waals surface area contributed by atoms with E-state index < -0.39 is 6.09 Å². The monoisotopic (exact) mass is 201 g/mol. The van der Waals surface area contributed by atoms with Gasteiger partial charge in [-0.25, -0.2) is 4.79 Å². The first-order chi connectivity index (χ1) is 6.19. The van der Waals surface area contributed by atoms with Gasteiger partial charge in [-0.05, 0) is 17.9 Å². The van der Waals surface area contributed by atoms with Crippen LogP contribution in [0.4, 0.5) is 9.80 Å². The molecule has 0 saturated heterocycles. The minimum Gasteiger partial charge on any atom is -0.453 e. The largest absolute Gasteiger partial charge is 0.453 e. The number of aryl methyl sites for hydroxylation is 1. The first kappa shape index (κ1) is 10.0. The lowest BCUT2D eigenvalue weighted by molar-refractivity contribution is 0.187. The molecule has 0 bridgehead atoms. The highest BCUT2D eigenvalue weighted by atomic mass is 32.1. The molecular formula is C8H11NO3S. The van der Waals surface area contributed by atoms with E-state index in [2.05, 4.69) is 10.1 Å². The molecule has 1 amide bonds. The zero-order valence-electron chi connectivity index (χ0n) is 7.46. The maximum atomic E-state index is 10.9. The molecule has 0 radical (unpaired) electrons. The molecule has 1 rings (SSSR count). The fourth-order valence-electron chi connectivity index (χ4n) is 0.914. The molecule has 1 aromatic rings. The summed E-state index contributed by atoms with van der Waals surface area (Å²) in [5, 5.41) is 14.0. The van der Waals surface area contributed by atoms with Crippen molar-refractivity contribution in [3.63, 3.8) is 0 Å². The number of aliphatic hydroxyl groups excluding tert-OH is 1. The summed E-state index contributed by atoms with van der Waals surface area (Å²) in [6.45, 7) is 1.80. The Hall–Kier alpha value is -1.07. The van der Waals surface area contributed by atoms with E-state index in [9.17, 15) is 4.79 Å². The van der Waals surface area contributed by atoms with Crippen molar-refractivity contribution in [1.29, 1.82) is 0 Å². The number of methoxy groups -OCH3 is 1. The number of carbonyl (C=O) groups is 1. The van der Waals surface area contributed by atoms with Gasteiger partial charge in [-0.3, -0.25) is 5.32 Å². The summed E-state index contributed by atoms with van der Waals surface area (Å²) in [5.74, 6) is 0. The van der Waals surface area contributed by atoms with Crippen molar-refractivity contribution in [1.82, 2.24) is 0 Å². The number of ether oxygens (including phenoxy) is 1. The van der Waals surface area contributed by atoms with Crippen LogP contribution in [0, 0.1) is 6.92 Å². The van der Waals surface area contributed by atoms with Crippen LogP contribution in [-0.4, -0.2) is 18.3 Å². The number of hydrogen-bond acceptors (Lipinski definition) is 4. The van der Waals surface area contributed by atoms with Crippen LogP contribution in [0.5, 0.6) is 0 Å². The molecule has 4 nitrogen and oxygen atoms in total. The van der Waals surface area contributed by atoms with Crippen LogP contribution in [0.2, 0.25) is 0 Å². The van der Waals surface area contributed by atoms with E-state index in [4.69, 9.17) is 5.11 Å². The molecule has 0 aromatic carbocycles. The van der Waals surface area contributed by atoms with E-state index in [1.54, 1.807) is 0 Å². The van der Waals surface area contributed by atoms with Gasteiger partial charge in [0.2, 0.25) is 0 Å². The van der Waals surface area contributed by atoms with Gasteiger partial charge in [0.15, 0.2) is 0 Å². The van der Waals surface area contributed by atoms with E-state index in [0.717, 1.165) is 11.1 Å². The van der Waals surface area contributed by atoms with E-state index in [0.29, 0.717) is 5.00 Å². The Balaban J connectivity index is 2.82. The molecule has 5 heteroatoms. The van der Waals surface area contributed by atoms with E-state index >= 15 is 0 Å². The number of carbonyl (C=O) groups excluding carboxylic acids is 1. The molecule has 1 heterocycles. The highest BCUT2D eigenvalue weighted by molar-refractivity contribution is 7.14. The van der Waals surface area contributed by atoms with Crippen LogP contribution >= 0.6 is 11.3 Å².